The van der Waals surface area contributed by atoms with Gasteiger partial charge in [-0.05, 0) is 43.7 Å². The van der Waals surface area contributed by atoms with Crippen molar-refractivity contribution in [2.24, 2.45) is 0 Å². The number of aryl methyl sites for hydroxylation is 2. The third kappa shape index (κ3) is 4.19. The van der Waals surface area contributed by atoms with Gasteiger partial charge < -0.3 is 9.14 Å². The van der Waals surface area contributed by atoms with Crippen molar-refractivity contribution in [3.63, 3.8) is 0 Å². The molecule has 0 fully saturated rings. The standard InChI is InChI=1S/C18H23N3OS/c1-14-6-7-21-12-16(19-18(21)10-14)11-20(8-9-22-3)13-17-5-4-15(2)23-17/h4-7,10,12H,8-9,11,13H2,1-3H3. The normalized spacial score (nSPS) is 11.7. The fourth-order valence-corrected chi connectivity index (χ4v) is 3.60. The molecule has 0 aromatic carbocycles. The predicted molar refractivity (Wildman–Crippen MR) is 95.0 cm³/mol. The number of fused-ring (bicyclic) bond motifs is 1. The molecule has 23 heavy (non-hydrogen) atoms. The Hall–Kier alpha value is -1.69. The van der Waals surface area contributed by atoms with E-state index in [-0.39, 0.29) is 0 Å². The lowest BCUT2D eigenvalue weighted by atomic mass is 10.3. The monoisotopic (exact) mass is 329 g/mol. The SMILES string of the molecule is COCCN(Cc1cn2ccc(C)cc2n1)Cc1ccc(C)s1. The summed E-state index contributed by atoms with van der Waals surface area (Å²) in [6, 6.07) is 8.62. The molecule has 5 heteroatoms. The molecule has 0 aliphatic heterocycles. The van der Waals surface area contributed by atoms with Gasteiger partial charge in [-0.3, -0.25) is 4.90 Å². The van der Waals surface area contributed by atoms with E-state index in [0.29, 0.717) is 0 Å². The van der Waals surface area contributed by atoms with Crippen molar-refractivity contribution in [3.8, 4) is 0 Å². The molecule has 0 unspecified atom stereocenters. The second-order valence-corrected chi connectivity index (χ2v) is 7.29. The first-order valence-corrected chi connectivity index (χ1v) is 8.66. The van der Waals surface area contributed by atoms with Crippen LogP contribution in [0.3, 0.4) is 0 Å². The largest absolute Gasteiger partial charge is 0.383 e. The van der Waals surface area contributed by atoms with Gasteiger partial charge in [-0.25, -0.2) is 4.98 Å². The maximum atomic E-state index is 5.26. The minimum absolute atomic E-state index is 0.733. The maximum absolute atomic E-state index is 5.26. The lowest BCUT2D eigenvalue weighted by Crippen LogP contribution is -2.26. The maximum Gasteiger partial charge on any atom is 0.137 e. The third-order valence-corrected chi connectivity index (χ3v) is 4.82. The van der Waals surface area contributed by atoms with Gasteiger partial charge in [0.05, 0.1) is 12.3 Å². The number of pyridine rings is 1. The van der Waals surface area contributed by atoms with Gasteiger partial charge >= 0.3 is 0 Å². The summed E-state index contributed by atoms with van der Waals surface area (Å²) in [6.07, 6.45) is 4.19. The molecule has 0 saturated carbocycles. The topological polar surface area (TPSA) is 29.8 Å². The Bertz CT molecular complexity index is 778. The van der Waals surface area contributed by atoms with Crippen LogP contribution in [-0.2, 0) is 17.8 Å². The summed E-state index contributed by atoms with van der Waals surface area (Å²) in [6.45, 7) is 7.66. The van der Waals surface area contributed by atoms with E-state index in [1.807, 2.05) is 11.3 Å². The average molecular weight is 329 g/mol. The van der Waals surface area contributed by atoms with Crippen LogP contribution in [0.25, 0.3) is 5.65 Å². The number of hydrogen-bond donors (Lipinski definition) is 0. The van der Waals surface area contributed by atoms with Crippen LogP contribution in [0.4, 0.5) is 0 Å². The zero-order valence-corrected chi connectivity index (χ0v) is 14.8. The lowest BCUT2D eigenvalue weighted by molar-refractivity contribution is 0.140. The Morgan fingerprint density at radius 3 is 2.83 bits per heavy atom. The fraction of sp³-hybridized carbons (Fsp3) is 0.389. The van der Waals surface area contributed by atoms with E-state index in [2.05, 4.69) is 59.8 Å². The van der Waals surface area contributed by atoms with Crippen LogP contribution in [0.15, 0.2) is 36.7 Å². The Labute approximate surface area is 141 Å². The lowest BCUT2D eigenvalue weighted by Gasteiger charge is -2.20. The van der Waals surface area contributed by atoms with Gasteiger partial charge in [0, 0.05) is 48.9 Å². The highest BCUT2D eigenvalue weighted by molar-refractivity contribution is 7.11. The minimum atomic E-state index is 0.733. The summed E-state index contributed by atoms with van der Waals surface area (Å²) in [7, 11) is 1.75. The average Bonchev–Trinajstić information content (AvgIpc) is 3.10. The minimum Gasteiger partial charge on any atom is -0.383 e. The Kier molecular flexibility index (Phi) is 5.10. The van der Waals surface area contributed by atoms with Gasteiger partial charge in [0.2, 0.25) is 0 Å². The van der Waals surface area contributed by atoms with Gasteiger partial charge in [-0.1, -0.05) is 0 Å². The molecule has 0 aliphatic rings. The summed E-state index contributed by atoms with van der Waals surface area (Å²) < 4.78 is 7.35. The first kappa shape index (κ1) is 16.2. The van der Waals surface area contributed by atoms with Gasteiger partial charge in [-0.15, -0.1) is 11.3 Å². The third-order valence-electron chi connectivity index (χ3n) is 3.84. The van der Waals surface area contributed by atoms with E-state index in [0.717, 1.165) is 37.6 Å². The van der Waals surface area contributed by atoms with Crippen molar-refractivity contribution in [1.82, 2.24) is 14.3 Å². The van der Waals surface area contributed by atoms with E-state index in [9.17, 15) is 0 Å². The first-order chi connectivity index (χ1) is 11.1. The highest BCUT2D eigenvalue weighted by atomic mass is 32.1. The molecular weight excluding hydrogens is 306 g/mol. The molecule has 0 amide bonds. The highest BCUT2D eigenvalue weighted by Gasteiger charge is 2.11. The van der Waals surface area contributed by atoms with Crippen molar-refractivity contribution < 1.29 is 4.74 Å². The van der Waals surface area contributed by atoms with E-state index in [4.69, 9.17) is 9.72 Å². The number of imidazole rings is 1. The van der Waals surface area contributed by atoms with Crippen LogP contribution in [0.1, 0.15) is 21.0 Å². The fourth-order valence-electron chi connectivity index (χ4n) is 2.67. The molecule has 0 N–H and O–H groups in total. The molecule has 3 heterocycles. The molecule has 3 aromatic heterocycles. The van der Waals surface area contributed by atoms with E-state index in [1.165, 1.54) is 15.3 Å². The summed E-state index contributed by atoms with van der Waals surface area (Å²) in [5.41, 5.74) is 3.35. The van der Waals surface area contributed by atoms with Crippen LogP contribution in [-0.4, -0.2) is 34.5 Å². The second kappa shape index (κ2) is 7.25. The van der Waals surface area contributed by atoms with Crippen molar-refractivity contribution >= 4 is 17.0 Å². The summed E-state index contributed by atoms with van der Waals surface area (Å²) >= 11 is 1.86. The molecule has 0 aliphatic carbocycles. The molecular formula is C18H23N3OS. The van der Waals surface area contributed by atoms with Crippen LogP contribution in [0.2, 0.25) is 0 Å². The quantitative estimate of drug-likeness (QED) is 0.662. The molecule has 0 bridgehead atoms. The number of hydrogen-bond acceptors (Lipinski definition) is 4. The highest BCUT2D eigenvalue weighted by Crippen LogP contribution is 2.18. The van der Waals surface area contributed by atoms with Crippen LogP contribution >= 0.6 is 11.3 Å². The smallest absolute Gasteiger partial charge is 0.137 e. The number of ether oxygens (including phenoxy) is 1. The van der Waals surface area contributed by atoms with Crippen molar-refractivity contribution in [1.29, 1.82) is 0 Å². The zero-order chi connectivity index (χ0) is 16.2. The van der Waals surface area contributed by atoms with Gasteiger partial charge in [0.15, 0.2) is 0 Å². The molecule has 0 spiro atoms. The molecule has 0 radical (unpaired) electrons. The van der Waals surface area contributed by atoms with Crippen LogP contribution in [0, 0.1) is 13.8 Å². The van der Waals surface area contributed by atoms with Crippen molar-refractivity contribution in [2.75, 3.05) is 20.3 Å². The molecule has 0 atom stereocenters. The van der Waals surface area contributed by atoms with Crippen molar-refractivity contribution in [2.45, 2.75) is 26.9 Å². The van der Waals surface area contributed by atoms with Crippen molar-refractivity contribution in [3.05, 3.63) is 57.7 Å². The molecule has 4 nitrogen and oxygen atoms in total. The van der Waals surface area contributed by atoms with E-state index in [1.54, 1.807) is 7.11 Å². The Morgan fingerprint density at radius 1 is 1.22 bits per heavy atom. The summed E-state index contributed by atoms with van der Waals surface area (Å²) in [5.74, 6) is 0. The number of rotatable bonds is 7. The number of thiophene rings is 1. The van der Waals surface area contributed by atoms with E-state index < -0.39 is 0 Å². The number of nitrogens with zero attached hydrogens (tertiary/aromatic N) is 3. The van der Waals surface area contributed by atoms with Gasteiger partial charge in [0.25, 0.3) is 0 Å². The molecule has 3 aromatic rings. The zero-order valence-electron chi connectivity index (χ0n) is 14.0. The van der Waals surface area contributed by atoms with E-state index >= 15 is 0 Å². The van der Waals surface area contributed by atoms with Gasteiger partial charge in [-0.2, -0.15) is 0 Å². The molecule has 0 saturated heterocycles. The van der Waals surface area contributed by atoms with Crippen LogP contribution < -0.4 is 0 Å². The first-order valence-electron chi connectivity index (χ1n) is 7.85. The summed E-state index contributed by atoms with van der Waals surface area (Å²) in [5, 5.41) is 0. The molecule has 122 valence electrons. The van der Waals surface area contributed by atoms with Crippen LogP contribution in [0.5, 0.6) is 0 Å². The predicted octanol–water partition coefficient (Wildman–Crippen LogP) is 3.66. The number of aromatic nitrogens is 2. The summed E-state index contributed by atoms with van der Waals surface area (Å²) in [4.78, 5) is 9.89. The number of methoxy groups -OCH3 is 1. The Balaban J connectivity index is 1.75. The Morgan fingerprint density at radius 2 is 2.09 bits per heavy atom. The van der Waals surface area contributed by atoms with Gasteiger partial charge in [0.1, 0.15) is 5.65 Å². The molecule has 3 rings (SSSR count). The second-order valence-electron chi connectivity index (χ2n) is 5.92.